The number of amides is 2. The molecule has 0 spiro atoms. The Balaban J connectivity index is 1.74. The molecule has 0 bridgehead atoms. The van der Waals surface area contributed by atoms with E-state index in [9.17, 15) is 19.2 Å². The molecule has 33 heavy (non-hydrogen) atoms. The fraction of sp³-hybridized carbons (Fsp3) is 0.0800. The SMILES string of the molecule is N#C/C(C(=O)Nc1ccccc1F)=C1/S[C@@H](Cc2ccccc2Cl)C(=O)N1c1ccccc1. The summed E-state index contributed by atoms with van der Waals surface area (Å²) in [6.07, 6.45) is 0.323. The Morgan fingerprint density at radius 3 is 2.42 bits per heavy atom. The van der Waals surface area contributed by atoms with Crippen molar-refractivity contribution in [2.24, 2.45) is 0 Å². The lowest BCUT2D eigenvalue weighted by molar-refractivity contribution is -0.117. The van der Waals surface area contributed by atoms with Crippen molar-refractivity contribution in [2.45, 2.75) is 11.7 Å². The molecule has 3 aromatic rings. The summed E-state index contributed by atoms with van der Waals surface area (Å²) in [5.41, 5.74) is 0.984. The molecule has 1 atom stereocenters. The van der Waals surface area contributed by atoms with Gasteiger partial charge in [0.1, 0.15) is 22.5 Å². The van der Waals surface area contributed by atoms with Crippen molar-refractivity contribution in [3.63, 3.8) is 0 Å². The molecule has 1 saturated heterocycles. The monoisotopic (exact) mass is 477 g/mol. The summed E-state index contributed by atoms with van der Waals surface area (Å²) >= 11 is 7.41. The molecule has 1 fully saturated rings. The van der Waals surface area contributed by atoms with Gasteiger partial charge in [-0.05, 0) is 42.3 Å². The summed E-state index contributed by atoms with van der Waals surface area (Å²) in [4.78, 5) is 27.7. The summed E-state index contributed by atoms with van der Waals surface area (Å²) in [5.74, 6) is -1.69. The molecule has 0 saturated carbocycles. The zero-order chi connectivity index (χ0) is 23.4. The first-order valence-electron chi connectivity index (χ1n) is 9.99. The van der Waals surface area contributed by atoms with Gasteiger partial charge in [-0.1, -0.05) is 71.9 Å². The molecular weight excluding hydrogens is 461 g/mol. The Morgan fingerprint density at radius 1 is 1.06 bits per heavy atom. The number of nitrogens with one attached hydrogen (secondary N) is 1. The second-order valence-corrected chi connectivity index (χ2v) is 8.74. The van der Waals surface area contributed by atoms with Crippen molar-refractivity contribution in [3.05, 3.63) is 106 Å². The van der Waals surface area contributed by atoms with Crippen LogP contribution in [0.3, 0.4) is 0 Å². The Hall–Kier alpha value is -3.60. The number of hydrogen-bond acceptors (Lipinski definition) is 4. The van der Waals surface area contributed by atoms with Crippen LogP contribution < -0.4 is 10.2 Å². The molecule has 164 valence electrons. The van der Waals surface area contributed by atoms with Crippen LogP contribution in [-0.2, 0) is 16.0 Å². The molecule has 4 rings (SSSR count). The van der Waals surface area contributed by atoms with Gasteiger partial charge in [-0.25, -0.2) is 4.39 Å². The molecule has 1 aliphatic rings. The first-order valence-corrected chi connectivity index (χ1v) is 11.2. The van der Waals surface area contributed by atoms with Crippen molar-refractivity contribution < 1.29 is 14.0 Å². The molecule has 1 aliphatic heterocycles. The van der Waals surface area contributed by atoms with E-state index in [-0.39, 0.29) is 22.2 Å². The van der Waals surface area contributed by atoms with Crippen LogP contribution in [0.15, 0.2) is 89.5 Å². The Morgan fingerprint density at radius 2 is 1.73 bits per heavy atom. The number of anilines is 2. The van der Waals surface area contributed by atoms with E-state index < -0.39 is 17.0 Å². The highest BCUT2D eigenvalue weighted by atomic mass is 35.5. The molecule has 0 aromatic heterocycles. The third-order valence-corrected chi connectivity index (χ3v) is 6.64. The maximum atomic E-state index is 14.0. The van der Waals surface area contributed by atoms with Gasteiger partial charge in [-0.15, -0.1) is 0 Å². The van der Waals surface area contributed by atoms with Crippen molar-refractivity contribution >= 4 is 46.6 Å². The lowest BCUT2D eigenvalue weighted by Crippen LogP contribution is -2.31. The summed E-state index contributed by atoms with van der Waals surface area (Å²) in [6, 6.07) is 23.6. The third-order valence-electron chi connectivity index (χ3n) is 5.01. The van der Waals surface area contributed by atoms with Gasteiger partial charge in [0.25, 0.3) is 5.91 Å². The van der Waals surface area contributed by atoms with Gasteiger partial charge in [-0.3, -0.25) is 14.5 Å². The molecule has 1 heterocycles. The van der Waals surface area contributed by atoms with Gasteiger partial charge >= 0.3 is 0 Å². The number of carbonyl (C=O) groups is 2. The highest BCUT2D eigenvalue weighted by molar-refractivity contribution is 8.05. The zero-order valence-corrected chi connectivity index (χ0v) is 18.7. The van der Waals surface area contributed by atoms with Gasteiger partial charge in [-0.2, -0.15) is 5.26 Å². The fourth-order valence-corrected chi connectivity index (χ4v) is 4.92. The Bertz CT molecular complexity index is 1290. The molecule has 2 amide bonds. The molecule has 0 radical (unpaired) electrons. The number of para-hydroxylation sites is 2. The minimum absolute atomic E-state index is 0.0518. The van der Waals surface area contributed by atoms with E-state index in [1.807, 2.05) is 18.2 Å². The molecule has 3 aromatic carbocycles. The van der Waals surface area contributed by atoms with Crippen LogP contribution in [0, 0.1) is 17.1 Å². The van der Waals surface area contributed by atoms with Crippen LogP contribution >= 0.6 is 23.4 Å². The van der Waals surface area contributed by atoms with Crippen LogP contribution in [0.2, 0.25) is 5.02 Å². The highest BCUT2D eigenvalue weighted by Crippen LogP contribution is 2.42. The number of hydrogen-bond donors (Lipinski definition) is 1. The van der Waals surface area contributed by atoms with Crippen molar-refractivity contribution in [1.29, 1.82) is 5.26 Å². The number of nitrogens with zero attached hydrogens (tertiary/aromatic N) is 2. The van der Waals surface area contributed by atoms with E-state index in [0.29, 0.717) is 17.1 Å². The third kappa shape index (κ3) is 4.77. The summed E-state index contributed by atoms with van der Waals surface area (Å²) in [5, 5.41) is 12.4. The minimum Gasteiger partial charge on any atom is -0.319 e. The van der Waals surface area contributed by atoms with Gasteiger partial charge < -0.3 is 5.32 Å². The van der Waals surface area contributed by atoms with E-state index in [1.165, 1.54) is 23.1 Å². The second-order valence-electron chi connectivity index (χ2n) is 7.14. The average Bonchev–Trinajstić information content (AvgIpc) is 3.13. The highest BCUT2D eigenvalue weighted by Gasteiger charge is 2.41. The number of nitriles is 1. The first kappa shape index (κ1) is 22.6. The summed E-state index contributed by atoms with van der Waals surface area (Å²) in [7, 11) is 0. The minimum atomic E-state index is -0.794. The second kappa shape index (κ2) is 9.90. The van der Waals surface area contributed by atoms with Crippen molar-refractivity contribution in [1.82, 2.24) is 0 Å². The standard InChI is InChI=1S/C25H17ClFN3O2S/c26-19-11-5-4-8-16(19)14-22-24(32)30(17-9-2-1-3-10-17)25(33-22)18(15-28)23(31)29-21-13-7-6-12-20(21)27/h1-13,22H,14H2,(H,29,31)/b25-18-/t22-/m0/s1. The van der Waals surface area contributed by atoms with E-state index in [2.05, 4.69) is 5.32 Å². The van der Waals surface area contributed by atoms with Gasteiger partial charge in [0.2, 0.25) is 5.91 Å². The van der Waals surface area contributed by atoms with Crippen LogP contribution in [0.25, 0.3) is 0 Å². The van der Waals surface area contributed by atoms with Gasteiger partial charge in [0, 0.05) is 10.7 Å². The number of benzene rings is 3. The fourth-order valence-electron chi connectivity index (χ4n) is 3.41. The molecular formula is C25H17ClFN3O2S. The number of thioether (sulfide) groups is 1. The molecule has 1 N–H and O–H groups in total. The smallest absolute Gasteiger partial charge is 0.269 e. The average molecular weight is 478 g/mol. The topological polar surface area (TPSA) is 73.2 Å². The lowest BCUT2D eigenvalue weighted by atomic mass is 10.1. The van der Waals surface area contributed by atoms with E-state index >= 15 is 0 Å². The Kier molecular flexibility index (Phi) is 6.78. The number of rotatable bonds is 5. The first-order chi connectivity index (χ1) is 16.0. The molecule has 0 aliphatic carbocycles. The lowest BCUT2D eigenvalue weighted by Gasteiger charge is -2.18. The predicted octanol–water partition coefficient (Wildman–Crippen LogP) is 5.54. The van der Waals surface area contributed by atoms with Gasteiger partial charge in [0.15, 0.2) is 0 Å². The van der Waals surface area contributed by atoms with Gasteiger partial charge in [0.05, 0.1) is 10.9 Å². The van der Waals surface area contributed by atoms with Crippen molar-refractivity contribution in [3.8, 4) is 6.07 Å². The predicted molar refractivity (Wildman–Crippen MR) is 128 cm³/mol. The van der Waals surface area contributed by atoms with Crippen LogP contribution in [0.1, 0.15) is 5.56 Å². The van der Waals surface area contributed by atoms with Crippen molar-refractivity contribution in [2.75, 3.05) is 10.2 Å². The van der Waals surface area contributed by atoms with Crippen LogP contribution in [0.4, 0.5) is 15.8 Å². The zero-order valence-electron chi connectivity index (χ0n) is 17.2. The van der Waals surface area contributed by atoms with E-state index in [0.717, 1.165) is 17.3 Å². The van der Waals surface area contributed by atoms with E-state index in [1.54, 1.807) is 48.5 Å². The molecule has 5 nitrogen and oxygen atoms in total. The molecule has 8 heteroatoms. The van der Waals surface area contributed by atoms with Crippen LogP contribution in [-0.4, -0.2) is 17.1 Å². The summed E-state index contributed by atoms with van der Waals surface area (Å²) in [6.45, 7) is 0. The molecule has 0 unspecified atom stereocenters. The largest absolute Gasteiger partial charge is 0.319 e. The number of halogens is 2. The quantitative estimate of drug-likeness (QED) is 0.386. The summed E-state index contributed by atoms with van der Waals surface area (Å²) < 4.78 is 14.0. The maximum Gasteiger partial charge on any atom is 0.269 e. The normalized spacial score (nSPS) is 16.9. The van der Waals surface area contributed by atoms with Crippen LogP contribution in [0.5, 0.6) is 0 Å². The maximum absolute atomic E-state index is 14.0. The van der Waals surface area contributed by atoms with E-state index in [4.69, 9.17) is 11.6 Å². The number of carbonyl (C=O) groups excluding carboxylic acids is 2. The Labute approximate surface area is 199 Å².